The Morgan fingerprint density at radius 3 is 2.65 bits per heavy atom. The summed E-state index contributed by atoms with van der Waals surface area (Å²) in [7, 11) is 0. The number of aliphatic carboxylic acids is 1. The molecule has 5 heteroatoms. The van der Waals surface area contributed by atoms with E-state index in [-0.39, 0.29) is 6.42 Å². The van der Waals surface area contributed by atoms with E-state index in [4.69, 9.17) is 16.7 Å². The SMILES string of the molecule is O=C(O)Cc1c2cc(Cl)ccc2nn1-c1ccccc1. The molecule has 0 aliphatic heterocycles. The molecule has 0 aliphatic carbocycles. The molecule has 1 aromatic heterocycles. The van der Waals surface area contributed by atoms with E-state index < -0.39 is 5.97 Å². The van der Waals surface area contributed by atoms with Gasteiger partial charge in [-0.25, -0.2) is 4.68 Å². The number of halogens is 1. The monoisotopic (exact) mass is 286 g/mol. The lowest BCUT2D eigenvalue weighted by Crippen LogP contribution is -2.08. The van der Waals surface area contributed by atoms with Crippen molar-refractivity contribution in [3.05, 3.63) is 59.2 Å². The van der Waals surface area contributed by atoms with Gasteiger partial charge in [0.05, 0.1) is 23.3 Å². The van der Waals surface area contributed by atoms with Crippen molar-refractivity contribution in [2.24, 2.45) is 0 Å². The van der Waals surface area contributed by atoms with Crippen LogP contribution in [0.5, 0.6) is 0 Å². The molecule has 0 amide bonds. The maximum Gasteiger partial charge on any atom is 0.309 e. The minimum absolute atomic E-state index is 0.105. The smallest absolute Gasteiger partial charge is 0.309 e. The summed E-state index contributed by atoms with van der Waals surface area (Å²) in [6.45, 7) is 0. The molecular formula is C15H11ClN2O2. The number of para-hydroxylation sites is 1. The van der Waals surface area contributed by atoms with E-state index in [0.717, 1.165) is 16.6 Å². The molecule has 100 valence electrons. The van der Waals surface area contributed by atoms with Gasteiger partial charge >= 0.3 is 5.97 Å². The van der Waals surface area contributed by atoms with Gasteiger partial charge in [-0.15, -0.1) is 0 Å². The fourth-order valence-electron chi connectivity index (χ4n) is 2.20. The van der Waals surface area contributed by atoms with Gasteiger partial charge in [-0.05, 0) is 30.3 Å². The van der Waals surface area contributed by atoms with Crippen molar-refractivity contribution < 1.29 is 9.90 Å². The van der Waals surface area contributed by atoms with Gasteiger partial charge in [0.2, 0.25) is 0 Å². The number of benzene rings is 2. The molecule has 0 bridgehead atoms. The van der Waals surface area contributed by atoms with Crippen LogP contribution in [0.15, 0.2) is 48.5 Å². The predicted molar refractivity (Wildman–Crippen MR) is 77.4 cm³/mol. The third kappa shape index (κ3) is 2.26. The van der Waals surface area contributed by atoms with Gasteiger partial charge in [0, 0.05) is 10.4 Å². The van der Waals surface area contributed by atoms with Crippen molar-refractivity contribution in [2.75, 3.05) is 0 Å². The molecule has 3 rings (SSSR count). The number of hydrogen-bond acceptors (Lipinski definition) is 2. The van der Waals surface area contributed by atoms with Crippen LogP contribution in [0.2, 0.25) is 5.02 Å². The molecular weight excluding hydrogens is 276 g/mol. The Bertz CT molecular complexity index is 781. The zero-order valence-electron chi connectivity index (χ0n) is 10.5. The lowest BCUT2D eigenvalue weighted by atomic mass is 10.1. The third-order valence-corrected chi connectivity index (χ3v) is 3.29. The van der Waals surface area contributed by atoms with Gasteiger partial charge in [0.1, 0.15) is 0 Å². The average Bonchev–Trinajstić information content (AvgIpc) is 2.77. The summed E-state index contributed by atoms with van der Waals surface area (Å²) in [5, 5.41) is 14.9. The van der Waals surface area contributed by atoms with Crippen molar-refractivity contribution in [2.45, 2.75) is 6.42 Å². The number of carboxylic acid groups (broad SMARTS) is 1. The van der Waals surface area contributed by atoms with Crippen LogP contribution < -0.4 is 0 Å². The number of carbonyl (C=O) groups is 1. The Kier molecular flexibility index (Phi) is 3.16. The third-order valence-electron chi connectivity index (χ3n) is 3.05. The highest BCUT2D eigenvalue weighted by molar-refractivity contribution is 6.31. The van der Waals surface area contributed by atoms with Crippen LogP contribution in [0.4, 0.5) is 0 Å². The number of carboxylic acids is 1. The lowest BCUT2D eigenvalue weighted by molar-refractivity contribution is -0.136. The van der Waals surface area contributed by atoms with Crippen molar-refractivity contribution in [3.63, 3.8) is 0 Å². The Labute approximate surface area is 120 Å². The Hall–Kier alpha value is -2.33. The highest BCUT2D eigenvalue weighted by atomic mass is 35.5. The molecule has 1 heterocycles. The summed E-state index contributed by atoms with van der Waals surface area (Å²) in [6, 6.07) is 14.7. The van der Waals surface area contributed by atoms with Crippen LogP contribution in [0.3, 0.4) is 0 Å². The van der Waals surface area contributed by atoms with E-state index in [2.05, 4.69) is 5.10 Å². The second-order valence-corrected chi connectivity index (χ2v) is 4.86. The molecule has 0 spiro atoms. The fraction of sp³-hybridized carbons (Fsp3) is 0.0667. The molecule has 4 nitrogen and oxygen atoms in total. The lowest BCUT2D eigenvalue weighted by Gasteiger charge is -2.05. The second kappa shape index (κ2) is 4.98. The van der Waals surface area contributed by atoms with Gasteiger partial charge in [-0.3, -0.25) is 4.79 Å². The van der Waals surface area contributed by atoms with Gasteiger partial charge in [0.25, 0.3) is 0 Å². The molecule has 20 heavy (non-hydrogen) atoms. The average molecular weight is 287 g/mol. The van der Waals surface area contributed by atoms with E-state index >= 15 is 0 Å². The van der Waals surface area contributed by atoms with Crippen LogP contribution in [0.1, 0.15) is 5.69 Å². The van der Waals surface area contributed by atoms with Crippen LogP contribution in [-0.4, -0.2) is 20.9 Å². The predicted octanol–water partition coefficient (Wildman–Crippen LogP) is 3.31. The number of rotatable bonds is 3. The van der Waals surface area contributed by atoms with E-state index in [1.165, 1.54) is 0 Å². The van der Waals surface area contributed by atoms with Crippen molar-refractivity contribution >= 4 is 28.5 Å². The van der Waals surface area contributed by atoms with Gasteiger partial charge in [-0.1, -0.05) is 29.8 Å². The fourth-order valence-corrected chi connectivity index (χ4v) is 2.38. The molecule has 0 radical (unpaired) electrons. The van der Waals surface area contributed by atoms with Crippen molar-refractivity contribution in [3.8, 4) is 5.69 Å². The summed E-state index contributed by atoms with van der Waals surface area (Å²) < 4.78 is 1.66. The zero-order chi connectivity index (χ0) is 14.1. The highest BCUT2D eigenvalue weighted by Gasteiger charge is 2.15. The summed E-state index contributed by atoms with van der Waals surface area (Å²) in [6.07, 6.45) is -0.105. The second-order valence-electron chi connectivity index (χ2n) is 4.43. The molecule has 2 aromatic carbocycles. The highest BCUT2D eigenvalue weighted by Crippen LogP contribution is 2.25. The number of fused-ring (bicyclic) bond motifs is 1. The summed E-state index contributed by atoms with van der Waals surface area (Å²) in [5.74, 6) is -0.899. The Balaban J connectivity index is 2.28. The minimum Gasteiger partial charge on any atom is -0.481 e. The van der Waals surface area contributed by atoms with Crippen LogP contribution in [0, 0.1) is 0 Å². The Morgan fingerprint density at radius 1 is 1.20 bits per heavy atom. The normalized spacial score (nSPS) is 10.8. The molecule has 0 unspecified atom stereocenters. The van der Waals surface area contributed by atoms with E-state index in [1.54, 1.807) is 22.9 Å². The molecule has 3 aromatic rings. The summed E-state index contributed by atoms with van der Waals surface area (Å²) >= 11 is 6.00. The number of aromatic nitrogens is 2. The number of hydrogen-bond donors (Lipinski definition) is 1. The quantitative estimate of drug-likeness (QED) is 0.804. The first-order chi connectivity index (χ1) is 9.65. The topological polar surface area (TPSA) is 55.1 Å². The van der Waals surface area contributed by atoms with E-state index in [9.17, 15) is 4.79 Å². The van der Waals surface area contributed by atoms with Gasteiger partial charge < -0.3 is 5.11 Å². The first-order valence-electron chi connectivity index (χ1n) is 6.09. The summed E-state index contributed by atoms with van der Waals surface area (Å²) in [4.78, 5) is 11.1. The van der Waals surface area contributed by atoms with Crippen LogP contribution in [-0.2, 0) is 11.2 Å². The van der Waals surface area contributed by atoms with E-state index in [0.29, 0.717) is 10.7 Å². The molecule has 0 saturated carbocycles. The molecule has 0 atom stereocenters. The molecule has 0 fully saturated rings. The zero-order valence-corrected chi connectivity index (χ0v) is 11.2. The van der Waals surface area contributed by atoms with Crippen molar-refractivity contribution in [1.29, 1.82) is 0 Å². The maximum absolute atomic E-state index is 11.1. The van der Waals surface area contributed by atoms with Gasteiger partial charge in [0.15, 0.2) is 0 Å². The van der Waals surface area contributed by atoms with Crippen molar-refractivity contribution in [1.82, 2.24) is 9.78 Å². The first-order valence-corrected chi connectivity index (χ1v) is 6.47. The number of nitrogens with zero attached hydrogens (tertiary/aromatic N) is 2. The minimum atomic E-state index is -0.899. The molecule has 1 N–H and O–H groups in total. The maximum atomic E-state index is 11.1. The first kappa shape index (κ1) is 12.7. The van der Waals surface area contributed by atoms with Crippen LogP contribution in [0.25, 0.3) is 16.6 Å². The van der Waals surface area contributed by atoms with Gasteiger partial charge in [-0.2, -0.15) is 5.10 Å². The molecule has 0 aliphatic rings. The Morgan fingerprint density at radius 2 is 1.95 bits per heavy atom. The standard InChI is InChI=1S/C15H11ClN2O2/c16-10-6-7-13-12(8-10)14(9-15(19)20)18(17-13)11-4-2-1-3-5-11/h1-8H,9H2,(H,19,20). The van der Waals surface area contributed by atoms with E-state index in [1.807, 2.05) is 30.3 Å². The molecule has 0 saturated heterocycles. The van der Waals surface area contributed by atoms with Crippen LogP contribution >= 0.6 is 11.6 Å². The largest absolute Gasteiger partial charge is 0.481 e. The summed E-state index contributed by atoms with van der Waals surface area (Å²) in [5.41, 5.74) is 2.19.